The molecule has 1 aliphatic rings. The molecule has 1 aliphatic carbocycles. The van der Waals surface area contributed by atoms with E-state index in [1.807, 2.05) is 11.8 Å². The average molecular weight is 275 g/mol. The third-order valence-corrected chi connectivity index (χ3v) is 4.65. The molecule has 4 heteroatoms. The zero-order valence-electron chi connectivity index (χ0n) is 11.9. The van der Waals surface area contributed by atoms with Crippen molar-refractivity contribution in [1.82, 2.24) is 5.32 Å². The maximum Gasteiger partial charge on any atom is 0.0897 e. The molecule has 0 aromatic heterocycles. The average Bonchev–Trinajstić information content (AvgIpc) is 2.41. The van der Waals surface area contributed by atoms with Gasteiger partial charge in [-0.1, -0.05) is 19.8 Å². The van der Waals surface area contributed by atoms with E-state index in [2.05, 4.69) is 18.5 Å². The molecule has 1 rings (SSSR count). The van der Waals surface area contributed by atoms with E-state index < -0.39 is 0 Å². The number of aliphatic hydroxyl groups excluding tert-OH is 1. The van der Waals surface area contributed by atoms with Crippen LogP contribution in [0.2, 0.25) is 0 Å². The van der Waals surface area contributed by atoms with Gasteiger partial charge in [-0.3, -0.25) is 0 Å². The molecule has 0 heterocycles. The summed E-state index contributed by atoms with van der Waals surface area (Å²) < 4.78 is 5.42. The number of aliphatic hydroxyl groups is 1. The van der Waals surface area contributed by atoms with Crippen LogP contribution in [0.25, 0.3) is 0 Å². The molecule has 108 valence electrons. The number of ether oxygens (including phenoxy) is 1. The van der Waals surface area contributed by atoms with E-state index in [9.17, 15) is 5.11 Å². The highest BCUT2D eigenvalue weighted by Crippen LogP contribution is 2.26. The quantitative estimate of drug-likeness (QED) is 0.634. The van der Waals surface area contributed by atoms with Crippen LogP contribution in [-0.2, 0) is 4.74 Å². The minimum atomic E-state index is -0.364. The molecule has 18 heavy (non-hydrogen) atoms. The first-order valence-corrected chi connectivity index (χ1v) is 8.57. The van der Waals surface area contributed by atoms with Crippen LogP contribution in [0.5, 0.6) is 0 Å². The van der Waals surface area contributed by atoms with Crippen LogP contribution in [0.3, 0.4) is 0 Å². The molecule has 2 N–H and O–H groups in total. The van der Waals surface area contributed by atoms with Crippen molar-refractivity contribution in [3.8, 4) is 0 Å². The van der Waals surface area contributed by atoms with Gasteiger partial charge in [0.25, 0.3) is 0 Å². The summed E-state index contributed by atoms with van der Waals surface area (Å²) in [7, 11) is 0. The Bertz CT molecular complexity index is 204. The van der Waals surface area contributed by atoms with Crippen LogP contribution in [0.4, 0.5) is 0 Å². The lowest BCUT2D eigenvalue weighted by Crippen LogP contribution is -2.40. The van der Waals surface area contributed by atoms with Gasteiger partial charge in [-0.25, -0.2) is 0 Å². The maximum absolute atomic E-state index is 9.81. The standard InChI is InChI=1S/C14H29NO2S/c1-3-4-8-17-11-13(16)10-15-12-6-5-7-14(9-12)18-2/h12-16H,3-11H2,1-2H3. The fourth-order valence-electron chi connectivity index (χ4n) is 2.37. The van der Waals surface area contributed by atoms with E-state index >= 15 is 0 Å². The van der Waals surface area contributed by atoms with Gasteiger partial charge in [0, 0.05) is 24.4 Å². The molecule has 3 atom stereocenters. The molecular weight excluding hydrogens is 246 g/mol. The van der Waals surface area contributed by atoms with E-state index in [0.717, 1.165) is 24.7 Å². The Morgan fingerprint density at radius 3 is 3.00 bits per heavy atom. The molecule has 0 radical (unpaired) electrons. The van der Waals surface area contributed by atoms with Gasteiger partial charge < -0.3 is 15.2 Å². The molecule has 0 amide bonds. The second-order valence-corrected chi connectivity index (χ2v) is 6.35. The first-order valence-electron chi connectivity index (χ1n) is 7.28. The highest BCUT2D eigenvalue weighted by atomic mass is 32.2. The summed E-state index contributed by atoms with van der Waals surface area (Å²) in [6.07, 6.45) is 9.21. The number of rotatable bonds is 9. The van der Waals surface area contributed by atoms with Crippen molar-refractivity contribution in [3.05, 3.63) is 0 Å². The number of thioether (sulfide) groups is 1. The molecule has 3 nitrogen and oxygen atoms in total. The van der Waals surface area contributed by atoms with Gasteiger partial charge in [0.2, 0.25) is 0 Å². The van der Waals surface area contributed by atoms with Crippen molar-refractivity contribution in [3.63, 3.8) is 0 Å². The molecule has 0 bridgehead atoms. The molecule has 0 aliphatic heterocycles. The van der Waals surface area contributed by atoms with Gasteiger partial charge >= 0.3 is 0 Å². The third kappa shape index (κ3) is 6.98. The van der Waals surface area contributed by atoms with Crippen LogP contribution < -0.4 is 5.32 Å². The lowest BCUT2D eigenvalue weighted by molar-refractivity contribution is 0.0340. The SMILES string of the molecule is CCCCOCC(O)CNC1CCCC(SC)C1. The van der Waals surface area contributed by atoms with Crippen molar-refractivity contribution in [2.24, 2.45) is 0 Å². The number of unbranched alkanes of at least 4 members (excludes halogenated alkanes) is 1. The van der Waals surface area contributed by atoms with Crippen LogP contribution in [-0.4, -0.2) is 48.5 Å². The monoisotopic (exact) mass is 275 g/mol. The van der Waals surface area contributed by atoms with Gasteiger partial charge in [-0.05, 0) is 31.9 Å². The molecule has 0 aromatic carbocycles. The fourth-order valence-corrected chi connectivity index (χ4v) is 3.20. The van der Waals surface area contributed by atoms with Crippen molar-refractivity contribution < 1.29 is 9.84 Å². The van der Waals surface area contributed by atoms with E-state index in [1.54, 1.807) is 0 Å². The van der Waals surface area contributed by atoms with Crippen molar-refractivity contribution in [1.29, 1.82) is 0 Å². The van der Waals surface area contributed by atoms with Crippen molar-refractivity contribution >= 4 is 11.8 Å². The van der Waals surface area contributed by atoms with Crippen molar-refractivity contribution in [2.45, 2.75) is 62.8 Å². The minimum Gasteiger partial charge on any atom is -0.389 e. The number of hydrogen-bond acceptors (Lipinski definition) is 4. The molecule has 3 unspecified atom stereocenters. The Morgan fingerprint density at radius 1 is 1.44 bits per heavy atom. The highest BCUT2D eigenvalue weighted by molar-refractivity contribution is 7.99. The second-order valence-electron chi connectivity index (χ2n) is 5.21. The molecule has 0 spiro atoms. The largest absolute Gasteiger partial charge is 0.389 e. The fraction of sp³-hybridized carbons (Fsp3) is 1.00. The molecule has 0 aromatic rings. The van der Waals surface area contributed by atoms with Gasteiger partial charge in [0.15, 0.2) is 0 Å². The first kappa shape index (κ1) is 16.3. The molecular formula is C14H29NO2S. The lowest BCUT2D eigenvalue weighted by Gasteiger charge is -2.29. The molecule has 0 saturated heterocycles. The van der Waals surface area contributed by atoms with Crippen molar-refractivity contribution in [2.75, 3.05) is 26.0 Å². The summed E-state index contributed by atoms with van der Waals surface area (Å²) in [6.45, 7) is 4.04. The van der Waals surface area contributed by atoms with E-state index in [4.69, 9.17) is 4.74 Å². The summed E-state index contributed by atoms with van der Waals surface area (Å²) in [5.74, 6) is 0. The lowest BCUT2D eigenvalue weighted by atomic mass is 9.95. The zero-order valence-corrected chi connectivity index (χ0v) is 12.7. The predicted molar refractivity (Wildman–Crippen MR) is 79.3 cm³/mol. The summed E-state index contributed by atoms with van der Waals surface area (Å²) in [4.78, 5) is 0. The third-order valence-electron chi connectivity index (χ3n) is 3.55. The minimum absolute atomic E-state index is 0.364. The Balaban J connectivity index is 2.04. The second kappa shape index (κ2) is 10.1. The zero-order chi connectivity index (χ0) is 13.2. The van der Waals surface area contributed by atoms with Gasteiger partial charge in [-0.2, -0.15) is 11.8 Å². The number of hydrogen-bond donors (Lipinski definition) is 2. The summed E-state index contributed by atoms with van der Waals surface area (Å²) in [5.41, 5.74) is 0. The van der Waals surface area contributed by atoms with Crippen LogP contribution in [0.15, 0.2) is 0 Å². The molecule has 1 fully saturated rings. The van der Waals surface area contributed by atoms with E-state index in [-0.39, 0.29) is 6.10 Å². The Kier molecular flexibility index (Phi) is 9.11. The van der Waals surface area contributed by atoms with Gasteiger partial charge in [0.05, 0.1) is 12.7 Å². The van der Waals surface area contributed by atoms with Crippen LogP contribution in [0, 0.1) is 0 Å². The predicted octanol–water partition coefficient (Wildman–Crippen LogP) is 2.43. The summed E-state index contributed by atoms with van der Waals surface area (Å²) in [5, 5.41) is 14.1. The summed E-state index contributed by atoms with van der Waals surface area (Å²) in [6, 6.07) is 0.585. The van der Waals surface area contributed by atoms with Crippen LogP contribution in [0.1, 0.15) is 45.4 Å². The van der Waals surface area contributed by atoms with Gasteiger partial charge in [0.1, 0.15) is 0 Å². The molecule has 1 saturated carbocycles. The normalized spacial score (nSPS) is 26.2. The highest BCUT2D eigenvalue weighted by Gasteiger charge is 2.21. The summed E-state index contributed by atoms with van der Waals surface area (Å²) >= 11 is 1.98. The van der Waals surface area contributed by atoms with Crippen LogP contribution >= 0.6 is 11.8 Å². The smallest absolute Gasteiger partial charge is 0.0897 e. The number of nitrogens with one attached hydrogen (secondary N) is 1. The Labute approximate surface area is 116 Å². The maximum atomic E-state index is 9.81. The topological polar surface area (TPSA) is 41.5 Å². The first-order chi connectivity index (χ1) is 8.76. The van der Waals surface area contributed by atoms with Gasteiger partial charge in [-0.15, -0.1) is 0 Å². The Morgan fingerprint density at radius 2 is 2.28 bits per heavy atom. The van der Waals surface area contributed by atoms with E-state index in [1.165, 1.54) is 25.7 Å². The van der Waals surface area contributed by atoms with E-state index in [0.29, 0.717) is 19.2 Å². The Hall–Kier alpha value is 0.230.